The van der Waals surface area contributed by atoms with Crippen LogP contribution in [-0.2, 0) is 0 Å². The number of aromatic amines is 1. The monoisotopic (exact) mass is 365 g/mol. The Morgan fingerprint density at radius 2 is 1.85 bits per heavy atom. The van der Waals surface area contributed by atoms with Crippen LogP contribution in [0.1, 0.15) is 27.0 Å². The number of ketones is 1. The molecule has 5 heteroatoms. The molecule has 1 heterocycles. The van der Waals surface area contributed by atoms with Crippen LogP contribution in [0.15, 0.2) is 47.3 Å². The van der Waals surface area contributed by atoms with E-state index in [0.29, 0.717) is 20.5 Å². The van der Waals surface area contributed by atoms with Gasteiger partial charge in [-0.15, -0.1) is 11.3 Å². The highest BCUT2D eigenvalue weighted by Gasteiger charge is 2.04. The zero-order valence-corrected chi connectivity index (χ0v) is 15.6. The number of thiazole rings is 1. The molecule has 0 bridgehead atoms. The van der Waals surface area contributed by atoms with Crippen LogP contribution in [0.4, 0.5) is 0 Å². The second-order valence-electron chi connectivity index (χ2n) is 6.03. The normalized spacial score (nSPS) is 12.4. The van der Waals surface area contributed by atoms with E-state index in [0.717, 1.165) is 11.1 Å². The van der Waals surface area contributed by atoms with Gasteiger partial charge in [0.1, 0.15) is 5.75 Å². The highest BCUT2D eigenvalue weighted by atomic mass is 32.1. The fourth-order valence-corrected chi connectivity index (χ4v) is 3.49. The number of rotatable bonds is 4. The van der Waals surface area contributed by atoms with Crippen LogP contribution in [0, 0.1) is 13.8 Å². The van der Waals surface area contributed by atoms with Crippen molar-refractivity contribution in [1.29, 1.82) is 0 Å². The molecule has 0 aliphatic carbocycles. The van der Waals surface area contributed by atoms with E-state index in [-0.39, 0.29) is 11.3 Å². The van der Waals surface area contributed by atoms with E-state index in [2.05, 4.69) is 11.1 Å². The largest absolute Gasteiger partial charge is 0.497 e. The maximum Gasteiger partial charge on any atom is 0.266 e. The van der Waals surface area contributed by atoms with Gasteiger partial charge in [0, 0.05) is 11.6 Å². The molecular formula is C21H19NO3S. The number of ether oxygens (including phenoxy) is 1. The lowest BCUT2D eigenvalue weighted by Gasteiger charge is -2.00. The summed E-state index contributed by atoms with van der Waals surface area (Å²) in [5, 5.41) is 0. The smallest absolute Gasteiger partial charge is 0.266 e. The average Bonchev–Trinajstić information content (AvgIpc) is 2.96. The number of hydrogen-bond donors (Lipinski definition) is 1. The van der Waals surface area contributed by atoms with Gasteiger partial charge < -0.3 is 9.72 Å². The second-order valence-corrected chi connectivity index (χ2v) is 7.11. The molecule has 0 radical (unpaired) electrons. The van der Waals surface area contributed by atoms with Gasteiger partial charge in [0.15, 0.2) is 5.78 Å². The van der Waals surface area contributed by atoms with Crippen LogP contribution in [0.5, 0.6) is 5.75 Å². The van der Waals surface area contributed by atoms with Crippen molar-refractivity contribution in [1.82, 2.24) is 4.98 Å². The first kappa shape index (κ1) is 17.9. The van der Waals surface area contributed by atoms with Gasteiger partial charge in [-0.3, -0.25) is 9.59 Å². The lowest BCUT2D eigenvalue weighted by molar-refractivity contribution is 0.106. The number of aromatic nitrogens is 1. The second kappa shape index (κ2) is 7.54. The molecule has 4 nitrogen and oxygen atoms in total. The quantitative estimate of drug-likeness (QED) is 0.723. The summed E-state index contributed by atoms with van der Waals surface area (Å²) >= 11 is 1.27. The van der Waals surface area contributed by atoms with E-state index >= 15 is 0 Å². The number of methoxy groups -OCH3 is 1. The molecular weight excluding hydrogens is 346 g/mol. The molecule has 0 aliphatic heterocycles. The van der Waals surface area contributed by atoms with Gasteiger partial charge in [0.2, 0.25) is 0 Å². The van der Waals surface area contributed by atoms with Crippen molar-refractivity contribution in [3.05, 3.63) is 84.3 Å². The van der Waals surface area contributed by atoms with Crippen LogP contribution in [0.25, 0.3) is 12.2 Å². The minimum absolute atomic E-state index is 0.164. The van der Waals surface area contributed by atoms with Crippen molar-refractivity contribution in [3.63, 3.8) is 0 Å². The third-order valence-corrected chi connectivity index (χ3v) is 4.99. The summed E-state index contributed by atoms with van der Waals surface area (Å²) in [6.45, 7) is 4.05. The predicted molar refractivity (Wildman–Crippen MR) is 105 cm³/mol. The van der Waals surface area contributed by atoms with Crippen molar-refractivity contribution in [2.24, 2.45) is 0 Å². The van der Waals surface area contributed by atoms with Crippen LogP contribution >= 0.6 is 11.3 Å². The van der Waals surface area contributed by atoms with Crippen molar-refractivity contribution in [3.8, 4) is 5.75 Å². The molecule has 2 aromatic carbocycles. The predicted octanol–water partition coefficient (Wildman–Crippen LogP) is 2.55. The molecule has 132 valence electrons. The number of nitrogens with one attached hydrogen (secondary N) is 1. The van der Waals surface area contributed by atoms with Gasteiger partial charge in [0.25, 0.3) is 5.56 Å². The number of benzene rings is 2. The maximum absolute atomic E-state index is 12.4. The summed E-state index contributed by atoms with van der Waals surface area (Å²) < 4.78 is 6.20. The molecule has 0 saturated carbocycles. The molecule has 0 aliphatic rings. The fraction of sp³-hybridized carbons (Fsp3) is 0.143. The Morgan fingerprint density at radius 3 is 2.50 bits per heavy atom. The molecule has 26 heavy (non-hydrogen) atoms. The number of carbonyl (C=O) groups is 1. The summed E-state index contributed by atoms with van der Waals surface area (Å²) in [5.41, 5.74) is 3.64. The molecule has 0 spiro atoms. The molecule has 1 aromatic heterocycles. The SMILES string of the molecule is COc1ccc(C(=O)/C=c2\[nH]c(=O)/c(=C\c3ccc(C)cc3C)s2)cc1. The van der Waals surface area contributed by atoms with E-state index in [1.807, 2.05) is 32.1 Å². The minimum Gasteiger partial charge on any atom is -0.497 e. The van der Waals surface area contributed by atoms with Crippen LogP contribution in [-0.4, -0.2) is 17.9 Å². The Labute approximate surface area is 155 Å². The van der Waals surface area contributed by atoms with Gasteiger partial charge in [-0.1, -0.05) is 23.8 Å². The molecule has 0 amide bonds. The fourth-order valence-electron chi connectivity index (χ4n) is 2.61. The average molecular weight is 365 g/mol. The van der Waals surface area contributed by atoms with Gasteiger partial charge in [-0.25, -0.2) is 0 Å². The Morgan fingerprint density at radius 1 is 1.12 bits per heavy atom. The Bertz CT molecular complexity index is 1120. The summed E-state index contributed by atoms with van der Waals surface area (Å²) in [6, 6.07) is 13.0. The van der Waals surface area contributed by atoms with Crippen LogP contribution in [0.2, 0.25) is 0 Å². The lowest BCUT2D eigenvalue weighted by atomic mass is 10.1. The number of Topliss-reactive ketones (excluding diaryl/α,β-unsaturated/α-hetero) is 1. The van der Waals surface area contributed by atoms with Crippen molar-refractivity contribution in [2.45, 2.75) is 13.8 Å². The molecule has 3 aromatic rings. The summed E-state index contributed by atoms with van der Waals surface area (Å²) in [5.74, 6) is 0.527. The number of H-pyrrole nitrogens is 1. The minimum atomic E-state index is -0.191. The molecule has 0 saturated heterocycles. The summed E-state index contributed by atoms with van der Waals surface area (Å²) in [4.78, 5) is 27.3. The summed E-state index contributed by atoms with van der Waals surface area (Å²) in [6.07, 6.45) is 3.31. The number of carbonyl (C=O) groups excluding carboxylic acids is 1. The van der Waals surface area contributed by atoms with Crippen molar-refractivity contribution < 1.29 is 9.53 Å². The van der Waals surface area contributed by atoms with E-state index in [4.69, 9.17) is 4.74 Å². The summed E-state index contributed by atoms with van der Waals surface area (Å²) in [7, 11) is 1.58. The highest BCUT2D eigenvalue weighted by Crippen LogP contribution is 2.12. The van der Waals surface area contributed by atoms with Gasteiger partial charge in [-0.05, 0) is 55.3 Å². The topological polar surface area (TPSA) is 59.2 Å². The standard InChI is InChI=1S/C21H19NO3S/c1-13-4-5-16(14(2)10-13)11-19-21(24)22-20(26-19)12-18(23)15-6-8-17(25-3)9-7-15/h4-12H,1-3H3,(H,22,24)/b19-11+,20-12+. The maximum atomic E-state index is 12.4. The van der Waals surface area contributed by atoms with E-state index in [9.17, 15) is 9.59 Å². The van der Waals surface area contributed by atoms with Crippen LogP contribution in [0.3, 0.4) is 0 Å². The van der Waals surface area contributed by atoms with Gasteiger partial charge in [0.05, 0.1) is 16.3 Å². The lowest BCUT2D eigenvalue weighted by Crippen LogP contribution is -2.20. The molecule has 3 rings (SSSR count). The molecule has 0 unspecified atom stereocenters. The van der Waals surface area contributed by atoms with Crippen molar-refractivity contribution >= 4 is 29.3 Å². The molecule has 0 fully saturated rings. The third kappa shape index (κ3) is 4.00. The molecule has 1 N–H and O–H groups in total. The Kier molecular flexibility index (Phi) is 5.19. The first-order valence-electron chi connectivity index (χ1n) is 8.14. The number of hydrogen-bond acceptors (Lipinski definition) is 4. The van der Waals surface area contributed by atoms with Crippen molar-refractivity contribution in [2.75, 3.05) is 7.11 Å². The van der Waals surface area contributed by atoms with Gasteiger partial charge in [-0.2, -0.15) is 0 Å². The van der Waals surface area contributed by atoms with Gasteiger partial charge >= 0.3 is 0 Å². The zero-order chi connectivity index (χ0) is 18.7. The highest BCUT2D eigenvalue weighted by molar-refractivity contribution is 7.07. The Balaban J connectivity index is 1.96. The van der Waals surface area contributed by atoms with E-state index in [1.54, 1.807) is 31.4 Å². The van der Waals surface area contributed by atoms with Crippen LogP contribution < -0.4 is 19.5 Å². The third-order valence-electron chi connectivity index (χ3n) is 4.03. The Hall–Kier alpha value is -2.92. The zero-order valence-electron chi connectivity index (χ0n) is 14.8. The molecule has 0 atom stereocenters. The number of aryl methyl sites for hydroxylation is 2. The van der Waals surface area contributed by atoms with E-state index < -0.39 is 0 Å². The van der Waals surface area contributed by atoms with E-state index in [1.165, 1.54) is 23.0 Å². The first-order valence-corrected chi connectivity index (χ1v) is 8.96. The first-order chi connectivity index (χ1) is 12.5.